The van der Waals surface area contributed by atoms with Gasteiger partial charge in [0, 0.05) is 5.88 Å². The van der Waals surface area contributed by atoms with Crippen LogP contribution >= 0.6 is 11.8 Å². The summed E-state index contributed by atoms with van der Waals surface area (Å²) in [6.07, 6.45) is 1.39. The van der Waals surface area contributed by atoms with Gasteiger partial charge in [0.25, 0.3) is 0 Å². The Morgan fingerprint density at radius 2 is 2.50 bits per heavy atom. The quantitative estimate of drug-likeness (QED) is 0.529. The van der Waals surface area contributed by atoms with E-state index < -0.39 is 0 Å². The van der Waals surface area contributed by atoms with E-state index >= 15 is 0 Å². The molecule has 0 aliphatic carbocycles. The molecule has 1 nitrogen and oxygen atoms in total. The van der Waals surface area contributed by atoms with Crippen LogP contribution in [0.3, 0.4) is 0 Å². The Bertz CT molecular complexity index is 59.5. The lowest BCUT2D eigenvalue weighted by Crippen LogP contribution is -2.27. The fourth-order valence-electron chi connectivity index (χ4n) is 0.898. The lowest BCUT2D eigenvalue weighted by Gasteiger charge is -2.23. The summed E-state index contributed by atoms with van der Waals surface area (Å²) in [6.45, 7) is 4.78. The molecule has 1 aliphatic heterocycles. The number of hydrogen-bond acceptors (Lipinski definition) is 2. The molecule has 1 rings (SSSR count). The van der Waals surface area contributed by atoms with E-state index in [1.54, 1.807) is 0 Å². The lowest BCUT2D eigenvalue weighted by atomic mass is 10.4. The summed E-state index contributed by atoms with van der Waals surface area (Å²) in [4.78, 5) is 2.48. The highest BCUT2D eigenvalue weighted by Crippen LogP contribution is 2.11. The first-order valence-corrected chi connectivity index (χ1v) is 4.39. The predicted molar refractivity (Wildman–Crippen MR) is 39.2 cm³/mol. The van der Waals surface area contributed by atoms with Crippen molar-refractivity contribution in [3.05, 3.63) is 0 Å². The maximum absolute atomic E-state index is 2.48. The Kier molecular flexibility index (Phi) is 2.70. The molecule has 0 saturated carbocycles. The average Bonchev–Trinajstić information content (AvgIpc) is 1.90. The van der Waals surface area contributed by atoms with Gasteiger partial charge in [-0.15, -0.1) is 11.8 Å². The van der Waals surface area contributed by atoms with E-state index in [1.807, 2.05) is 0 Å². The molecule has 0 bridgehead atoms. The van der Waals surface area contributed by atoms with Crippen molar-refractivity contribution in [2.45, 2.75) is 13.3 Å². The molecular weight excluding hydrogens is 118 g/mol. The lowest BCUT2D eigenvalue weighted by molar-refractivity contribution is 0.332. The summed E-state index contributed by atoms with van der Waals surface area (Å²) < 4.78 is 0. The number of hydrogen-bond donors (Lipinski definition) is 0. The number of nitrogens with zero attached hydrogens (tertiary/aromatic N) is 1. The molecule has 0 N–H and O–H groups in total. The third-order valence-corrected chi connectivity index (χ3v) is 2.61. The van der Waals surface area contributed by atoms with Gasteiger partial charge in [-0.05, 0) is 25.3 Å². The van der Waals surface area contributed by atoms with Crippen LogP contribution in [0, 0.1) is 0 Å². The molecule has 1 heterocycles. The van der Waals surface area contributed by atoms with Crippen LogP contribution in [0.15, 0.2) is 0 Å². The zero-order valence-electron chi connectivity index (χ0n) is 5.39. The highest BCUT2D eigenvalue weighted by Gasteiger charge is 2.05. The molecule has 0 radical (unpaired) electrons. The molecule has 0 aromatic heterocycles. The molecule has 1 saturated heterocycles. The van der Waals surface area contributed by atoms with Crippen LogP contribution in [0.1, 0.15) is 13.3 Å². The molecule has 8 heavy (non-hydrogen) atoms. The average molecular weight is 131 g/mol. The Morgan fingerprint density at radius 1 is 1.62 bits per heavy atom. The third-order valence-electron chi connectivity index (χ3n) is 1.48. The van der Waals surface area contributed by atoms with Crippen molar-refractivity contribution in [2.75, 3.05) is 24.7 Å². The van der Waals surface area contributed by atoms with Crippen molar-refractivity contribution < 1.29 is 0 Å². The van der Waals surface area contributed by atoms with Gasteiger partial charge in [0.2, 0.25) is 0 Å². The van der Waals surface area contributed by atoms with E-state index in [-0.39, 0.29) is 0 Å². The van der Waals surface area contributed by atoms with Crippen molar-refractivity contribution >= 4 is 11.8 Å². The van der Waals surface area contributed by atoms with Gasteiger partial charge < -0.3 is 0 Å². The monoisotopic (exact) mass is 131 g/mol. The van der Waals surface area contributed by atoms with Gasteiger partial charge in [0.1, 0.15) is 0 Å². The van der Waals surface area contributed by atoms with Gasteiger partial charge >= 0.3 is 0 Å². The largest absolute Gasteiger partial charge is 0.294 e. The van der Waals surface area contributed by atoms with Crippen LogP contribution in [0.4, 0.5) is 0 Å². The van der Waals surface area contributed by atoms with Crippen molar-refractivity contribution in [2.24, 2.45) is 0 Å². The summed E-state index contributed by atoms with van der Waals surface area (Å²) in [5.74, 6) is 2.63. The third kappa shape index (κ3) is 1.67. The predicted octanol–water partition coefficient (Wildman–Crippen LogP) is 1.40. The Hall–Kier alpha value is 0.310. The minimum atomic E-state index is 1.23. The van der Waals surface area contributed by atoms with Crippen LogP contribution in [0.5, 0.6) is 0 Å². The molecule has 0 amide bonds. The SMILES string of the molecule is CCN1CCCSC1. The second kappa shape index (κ2) is 3.36. The zero-order valence-corrected chi connectivity index (χ0v) is 6.21. The first-order valence-electron chi connectivity index (χ1n) is 3.23. The second-order valence-electron chi connectivity index (χ2n) is 2.10. The Morgan fingerprint density at radius 3 is 2.88 bits per heavy atom. The number of rotatable bonds is 1. The first-order chi connectivity index (χ1) is 3.93. The van der Waals surface area contributed by atoms with Crippen molar-refractivity contribution in [3.8, 4) is 0 Å². The van der Waals surface area contributed by atoms with E-state index in [4.69, 9.17) is 0 Å². The van der Waals surface area contributed by atoms with E-state index in [1.165, 1.54) is 31.1 Å². The molecule has 0 aromatic rings. The van der Waals surface area contributed by atoms with Crippen molar-refractivity contribution in [1.29, 1.82) is 0 Å². The standard InChI is InChI=1S/C6H13NS/c1-2-7-4-3-5-8-6-7/h2-6H2,1H3. The topological polar surface area (TPSA) is 3.24 Å². The fraction of sp³-hybridized carbons (Fsp3) is 1.00. The minimum absolute atomic E-state index is 1.23. The van der Waals surface area contributed by atoms with E-state index in [2.05, 4.69) is 23.6 Å². The van der Waals surface area contributed by atoms with Gasteiger partial charge in [-0.25, -0.2) is 0 Å². The molecule has 0 atom stereocenters. The molecule has 0 aromatic carbocycles. The fourth-order valence-corrected chi connectivity index (χ4v) is 1.93. The Labute approximate surface area is 55.4 Å². The minimum Gasteiger partial charge on any atom is -0.294 e. The van der Waals surface area contributed by atoms with Crippen molar-refractivity contribution in [3.63, 3.8) is 0 Å². The molecule has 2 heteroatoms. The molecule has 0 unspecified atom stereocenters. The summed E-state index contributed by atoms with van der Waals surface area (Å²) in [5, 5.41) is 0. The Balaban J connectivity index is 2.13. The van der Waals surface area contributed by atoms with Crippen LogP contribution in [-0.2, 0) is 0 Å². The van der Waals surface area contributed by atoms with E-state index in [9.17, 15) is 0 Å². The van der Waals surface area contributed by atoms with Gasteiger partial charge in [-0.2, -0.15) is 0 Å². The summed E-state index contributed by atoms with van der Waals surface area (Å²) >= 11 is 2.05. The molecule has 1 aliphatic rings. The molecule has 0 spiro atoms. The second-order valence-corrected chi connectivity index (χ2v) is 3.18. The smallest absolute Gasteiger partial charge is 0.0444 e. The van der Waals surface area contributed by atoms with Crippen LogP contribution in [-0.4, -0.2) is 29.6 Å². The normalized spacial score (nSPS) is 23.6. The van der Waals surface area contributed by atoms with Gasteiger partial charge in [0.15, 0.2) is 0 Å². The van der Waals surface area contributed by atoms with Gasteiger partial charge in [0.05, 0.1) is 0 Å². The highest BCUT2D eigenvalue weighted by atomic mass is 32.2. The van der Waals surface area contributed by atoms with Crippen LogP contribution in [0.2, 0.25) is 0 Å². The maximum atomic E-state index is 2.48. The summed E-state index contributed by atoms with van der Waals surface area (Å²) in [7, 11) is 0. The summed E-state index contributed by atoms with van der Waals surface area (Å²) in [5.41, 5.74) is 0. The highest BCUT2D eigenvalue weighted by molar-refractivity contribution is 7.99. The van der Waals surface area contributed by atoms with E-state index in [0.29, 0.717) is 0 Å². The molecular formula is C6H13NS. The van der Waals surface area contributed by atoms with Crippen LogP contribution < -0.4 is 0 Å². The van der Waals surface area contributed by atoms with E-state index in [0.717, 1.165) is 0 Å². The van der Waals surface area contributed by atoms with Crippen molar-refractivity contribution in [1.82, 2.24) is 4.90 Å². The summed E-state index contributed by atoms with van der Waals surface area (Å²) in [6, 6.07) is 0. The van der Waals surface area contributed by atoms with Gasteiger partial charge in [-0.1, -0.05) is 6.92 Å². The molecule has 48 valence electrons. The first kappa shape index (κ1) is 6.43. The number of thioether (sulfide) groups is 1. The van der Waals surface area contributed by atoms with Gasteiger partial charge in [-0.3, -0.25) is 4.90 Å². The molecule has 1 fully saturated rings. The maximum Gasteiger partial charge on any atom is 0.0444 e. The zero-order chi connectivity index (χ0) is 5.82. The van der Waals surface area contributed by atoms with Crippen LogP contribution in [0.25, 0.3) is 0 Å².